The minimum atomic E-state index is -0.191. The summed E-state index contributed by atoms with van der Waals surface area (Å²) in [5.41, 5.74) is 2.30. The van der Waals surface area contributed by atoms with Crippen molar-refractivity contribution in [2.24, 2.45) is 0 Å². The Morgan fingerprint density at radius 3 is 2.59 bits per heavy atom. The zero-order chi connectivity index (χ0) is 15.9. The van der Waals surface area contributed by atoms with Crippen molar-refractivity contribution in [2.75, 3.05) is 12.4 Å². The van der Waals surface area contributed by atoms with Gasteiger partial charge in [0, 0.05) is 24.5 Å². The summed E-state index contributed by atoms with van der Waals surface area (Å²) in [4.78, 5) is 16.3. The molecule has 2 rings (SSSR count). The average Bonchev–Trinajstić information content (AvgIpc) is 2.52. The second-order valence-corrected chi connectivity index (χ2v) is 5.26. The van der Waals surface area contributed by atoms with E-state index in [1.165, 1.54) is 0 Å². The molecule has 2 N–H and O–H groups in total. The van der Waals surface area contributed by atoms with Crippen molar-refractivity contribution in [1.29, 1.82) is 0 Å². The molecule has 0 unspecified atom stereocenters. The molecular weight excluding hydrogens is 278 g/mol. The molecule has 0 saturated carbocycles. The van der Waals surface area contributed by atoms with E-state index < -0.39 is 0 Å². The summed E-state index contributed by atoms with van der Waals surface area (Å²) >= 11 is 0. The maximum atomic E-state index is 12.2. The first-order chi connectivity index (χ1) is 10.6. The highest BCUT2D eigenvalue weighted by Crippen LogP contribution is 2.12. The molecule has 5 heteroatoms. The lowest BCUT2D eigenvalue weighted by Gasteiger charge is -2.11. The molecular formula is C17H21N3O2. The van der Waals surface area contributed by atoms with E-state index in [1.807, 2.05) is 44.2 Å². The van der Waals surface area contributed by atoms with Crippen LogP contribution in [0, 0.1) is 0 Å². The van der Waals surface area contributed by atoms with Crippen LogP contribution in [0.25, 0.3) is 0 Å². The molecule has 5 nitrogen and oxygen atoms in total. The largest absolute Gasteiger partial charge is 0.497 e. The molecule has 0 spiro atoms. The van der Waals surface area contributed by atoms with E-state index in [2.05, 4.69) is 15.6 Å². The molecule has 0 aliphatic heterocycles. The summed E-state index contributed by atoms with van der Waals surface area (Å²) < 4.78 is 5.10. The van der Waals surface area contributed by atoms with Gasteiger partial charge in [0.05, 0.1) is 7.11 Å². The van der Waals surface area contributed by atoms with Crippen LogP contribution < -0.4 is 15.4 Å². The number of hydrogen-bond acceptors (Lipinski definition) is 4. The van der Waals surface area contributed by atoms with Crippen LogP contribution in [-0.2, 0) is 6.54 Å². The predicted octanol–water partition coefficient (Wildman–Crippen LogP) is 2.84. The van der Waals surface area contributed by atoms with Gasteiger partial charge in [-0.05, 0) is 43.7 Å². The van der Waals surface area contributed by atoms with E-state index in [0.29, 0.717) is 18.3 Å². The molecule has 116 valence electrons. The van der Waals surface area contributed by atoms with Crippen molar-refractivity contribution in [3.05, 3.63) is 53.9 Å². The van der Waals surface area contributed by atoms with Crippen molar-refractivity contribution < 1.29 is 9.53 Å². The van der Waals surface area contributed by atoms with E-state index in [4.69, 9.17) is 4.74 Å². The van der Waals surface area contributed by atoms with Crippen LogP contribution in [-0.4, -0.2) is 24.0 Å². The highest BCUT2D eigenvalue weighted by Gasteiger charge is 2.08. The maximum absolute atomic E-state index is 12.2. The molecule has 0 atom stereocenters. The first kappa shape index (κ1) is 15.8. The van der Waals surface area contributed by atoms with Gasteiger partial charge in [0.1, 0.15) is 11.4 Å². The summed E-state index contributed by atoms with van der Waals surface area (Å²) in [6.45, 7) is 4.54. The van der Waals surface area contributed by atoms with Crippen LogP contribution >= 0.6 is 0 Å². The lowest BCUT2D eigenvalue weighted by Crippen LogP contribution is -2.24. The third kappa shape index (κ3) is 4.48. The number of ether oxygens (including phenoxy) is 1. The van der Waals surface area contributed by atoms with Crippen molar-refractivity contribution in [1.82, 2.24) is 10.3 Å². The summed E-state index contributed by atoms with van der Waals surface area (Å²) in [6.07, 6.45) is 1.63. The van der Waals surface area contributed by atoms with Gasteiger partial charge in [0.25, 0.3) is 5.91 Å². The lowest BCUT2D eigenvalue weighted by molar-refractivity contribution is 0.0946. The fourth-order valence-electron chi connectivity index (χ4n) is 1.99. The Morgan fingerprint density at radius 2 is 1.95 bits per heavy atom. The second kappa shape index (κ2) is 7.45. The Hall–Kier alpha value is -2.56. The van der Waals surface area contributed by atoms with Crippen molar-refractivity contribution in [3.63, 3.8) is 0 Å². The number of rotatable bonds is 6. The minimum Gasteiger partial charge on any atom is -0.497 e. The van der Waals surface area contributed by atoms with Gasteiger partial charge < -0.3 is 15.4 Å². The van der Waals surface area contributed by atoms with Crippen LogP contribution in [0.15, 0.2) is 42.6 Å². The fraction of sp³-hybridized carbons (Fsp3) is 0.294. The highest BCUT2D eigenvalue weighted by atomic mass is 16.5. The summed E-state index contributed by atoms with van der Waals surface area (Å²) in [7, 11) is 1.63. The Morgan fingerprint density at radius 1 is 1.23 bits per heavy atom. The standard InChI is InChI=1S/C17H21N3O2/c1-12(2)20-14-8-9-18-16(10-14)17(21)19-11-13-4-6-15(22-3)7-5-13/h4-10,12H,11H2,1-3H3,(H,18,20)(H,19,21). The summed E-state index contributed by atoms with van der Waals surface area (Å²) in [6, 6.07) is 11.5. The predicted molar refractivity (Wildman–Crippen MR) is 87.2 cm³/mol. The number of carbonyl (C=O) groups excluding carboxylic acids is 1. The number of aromatic nitrogens is 1. The minimum absolute atomic E-state index is 0.191. The van der Waals surface area contributed by atoms with Crippen molar-refractivity contribution >= 4 is 11.6 Å². The van der Waals surface area contributed by atoms with Crippen molar-refractivity contribution in [3.8, 4) is 5.75 Å². The third-order valence-electron chi connectivity index (χ3n) is 3.06. The van der Waals surface area contributed by atoms with Crippen LogP contribution in [0.3, 0.4) is 0 Å². The van der Waals surface area contributed by atoms with Crippen molar-refractivity contribution in [2.45, 2.75) is 26.4 Å². The molecule has 0 aliphatic rings. The summed E-state index contributed by atoms with van der Waals surface area (Å²) in [5.74, 6) is 0.604. The number of nitrogens with zero attached hydrogens (tertiary/aromatic N) is 1. The van der Waals surface area contributed by atoms with E-state index in [9.17, 15) is 4.79 Å². The van der Waals surface area contributed by atoms with Gasteiger partial charge in [0.15, 0.2) is 0 Å². The van der Waals surface area contributed by atoms with Crippen LogP contribution in [0.2, 0.25) is 0 Å². The third-order valence-corrected chi connectivity index (χ3v) is 3.06. The Bertz CT molecular complexity index is 624. The van der Waals surface area contributed by atoms with E-state index in [0.717, 1.165) is 17.0 Å². The lowest BCUT2D eigenvalue weighted by atomic mass is 10.2. The normalized spacial score (nSPS) is 10.4. The summed E-state index contributed by atoms with van der Waals surface area (Å²) in [5, 5.41) is 6.12. The maximum Gasteiger partial charge on any atom is 0.270 e. The molecule has 0 fully saturated rings. The van der Waals surface area contributed by atoms with E-state index >= 15 is 0 Å². The quantitative estimate of drug-likeness (QED) is 0.861. The monoisotopic (exact) mass is 299 g/mol. The van der Waals surface area contributed by atoms with Gasteiger partial charge >= 0.3 is 0 Å². The molecule has 1 amide bonds. The number of hydrogen-bond donors (Lipinski definition) is 2. The number of methoxy groups -OCH3 is 1. The molecule has 0 bridgehead atoms. The number of amides is 1. The second-order valence-electron chi connectivity index (χ2n) is 5.26. The SMILES string of the molecule is COc1ccc(CNC(=O)c2cc(NC(C)C)ccn2)cc1. The van der Waals surface area contributed by atoms with E-state index in [-0.39, 0.29) is 5.91 Å². The Kier molecular flexibility index (Phi) is 5.36. The van der Waals surface area contributed by atoms with Gasteiger partial charge in [-0.3, -0.25) is 9.78 Å². The fourth-order valence-corrected chi connectivity index (χ4v) is 1.99. The first-order valence-corrected chi connectivity index (χ1v) is 7.22. The van der Waals surface area contributed by atoms with Gasteiger partial charge in [0.2, 0.25) is 0 Å². The van der Waals surface area contributed by atoms with Gasteiger partial charge in [-0.25, -0.2) is 0 Å². The molecule has 0 aliphatic carbocycles. The zero-order valence-electron chi connectivity index (χ0n) is 13.1. The zero-order valence-corrected chi connectivity index (χ0v) is 13.1. The number of pyridine rings is 1. The number of benzene rings is 1. The van der Waals surface area contributed by atoms with Gasteiger partial charge in [-0.1, -0.05) is 12.1 Å². The average molecular weight is 299 g/mol. The highest BCUT2D eigenvalue weighted by molar-refractivity contribution is 5.93. The Balaban J connectivity index is 1.96. The van der Waals surface area contributed by atoms with Gasteiger partial charge in [-0.15, -0.1) is 0 Å². The molecule has 0 saturated heterocycles. The smallest absolute Gasteiger partial charge is 0.270 e. The van der Waals surface area contributed by atoms with E-state index in [1.54, 1.807) is 19.4 Å². The topological polar surface area (TPSA) is 63.2 Å². The molecule has 22 heavy (non-hydrogen) atoms. The Labute approximate surface area is 130 Å². The molecule has 0 radical (unpaired) electrons. The first-order valence-electron chi connectivity index (χ1n) is 7.22. The molecule has 1 heterocycles. The number of carbonyl (C=O) groups is 1. The number of nitrogens with one attached hydrogen (secondary N) is 2. The van der Waals surface area contributed by atoms with Crippen LogP contribution in [0.1, 0.15) is 29.9 Å². The molecule has 1 aromatic carbocycles. The van der Waals surface area contributed by atoms with Crippen LogP contribution in [0.4, 0.5) is 5.69 Å². The molecule has 2 aromatic rings. The van der Waals surface area contributed by atoms with Gasteiger partial charge in [-0.2, -0.15) is 0 Å². The van der Waals surface area contributed by atoms with Crippen LogP contribution in [0.5, 0.6) is 5.75 Å². The number of anilines is 1. The molecule has 1 aromatic heterocycles.